The first kappa shape index (κ1) is 18.2. The third-order valence-corrected chi connectivity index (χ3v) is 4.95. The highest BCUT2D eigenvalue weighted by molar-refractivity contribution is 5.94. The fraction of sp³-hybridized carbons (Fsp3) is 0.261. The molecule has 0 fully saturated rings. The molecule has 0 aliphatic heterocycles. The van der Waals surface area contributed by atoms with Crippen LogP contribution in [0.25, 0.3) is 22.0 Å². The van der Waals surface area contributed by atoms with Crippen molar-refractivity contribution in [2.45, 2.75) is 32.7 Å². The quantitative estimate of drug-likeness (QED) is 0.478. The Balaban J connectivity index is 1.63. The molecule has 0 aliphatic carbocycles. The van der Waals surface area contributed by atoms with Crippen LogP contribution in [0.4, 0.5) is 0 Å². The third kappa shape index (κ3) is 3.48. The summed E-state index contributed by atoms with van der Waals surface area (Å²) in [5, 5.41) is 1.07. The minimum atomic E-state index is -0.148. The van der Waals surface area contributed by atoms with E-state index in [1.165, 1.54) is 0 Å². The minimum absolute atomic E-state index is 0.148. The number of aromatic nitrogens is 2. The summed E-state index contributed by atoms with van der Waals surface area (Å²) in [6.45, 7) is 2.64. The molecule has 0 saturated heterocycles. The highest BCUT2D eigenvalue weighted by atomic mass is 16.3. The molecule has 4 aromatic rings. The first-order valence-corrected chi connectivity index (χ1v) is 9.64. The number of amides is 1. The first-order valence-electron chi connectivity index (χ1n) is 9.64. The Hall–Kier alpha value is -3.21. The van der Waals surface area contributed by atoms with E-state index in [0.29, 0.717) is 12.2 Å². The van der Waals surface area contributed by atoms with E-state index in [9.17, 15) is 4.79 Å². The third-order valence-electron chi connectivity index (χ3n) is 4.95. The van der Waals surface area contributed by atoms with Crippen LogP contribution in [0.5, 0.6) is 0 Å². The lowest BCUT2D eigenvalue weighted by Crippen LogP contribution is -2.27. The van der Waals surface area contributed by atoms with Crippen molar-refractivity contribution in [3.05, 3.63) is 71.7 Å². The number of carbonyl (C=O) groups excluding carboxylic acids is 1. The number of furan rings is 1. The van der Waals surface area contributed by atoms with Crippen LogP contribution in [0, 0.1) is 0 Å². The monoisotopic (exact) mass is 373 g/mol. The predicted molar refractivity (Wildman–Crippen MR) is 110 cm³/mol. The maximum absolute atomic E-state index is 13.0. The Labute approximate surface area is 164 Å². The van der Waals surface area contributed by atoms with Crippen molar-refractivity contribution in [2.24, 2.45) is 0 Å². The van der Waals surface area contributed by atoms with Crippen LogP contribution in [-0.2, 0) is 13.0 Å². The van der Waals surface area contributed by atoms with Crippen molar-refractivity contribution >= 4 is 27.9 Å². The summed E-state index contributed by atoms with van der Waals surface area (Å²) in [5.74, 6) is 0.817. The number of rotatable bonds is 6. The lowest BCUT2D eigenvalue weighted by atomic mass is 10.1. The summed E-state index contributed by atoms with van der Waals surface area (Å²) in [6.07, 6.45) is 4.57. The van der Waals surface area contributed by atoms with Gasteiger partial charge in [0.1, 0.15) is 17.0 Å². The Bertz CT molecular complexity index is 1130. The lowest BCUT2D eigenvalue weighted by Gasteiger charge is -2.17. The predicted octanol–water partition coefficient (Wildman–Crippen LogP) is 4.99. The number of para-hydroxylation sites is 3. The maximum atomic E-state index is 13.0. The van der Waals surface area contributed by atoms with Crippen LogP contribution in [0.3, 0.4) is 0 Å². The highest BCUT2D eigenvalue weighted by Crippen LogP contribution is 2.28. The molecule has 28 heavy (non-hydrogen) atoms. The molecule has 0 saturated carbocycles. The average molecular weight is 373 g/mol. The Morgan fingerprint density at radius 3 is 2.64 bits per heavy atom. The normalized spacial score (nSPS) is 11.2. The van der Waals surface area contributed by atoms with E-state index in [2.05, 4.69) is 23.0 Å². The zero-order valence-corrected chi connectivity index (χ0v) is 16.2. The number of nitrogens with zero attached hydrogens (tertiary/aromatic N) is 3. The highest BCUT2D eigenvalue weighted by Gasteiger charge is 2.20. The molecule has 4 rings (SSSR count). The second-order valence-corrected chi connectivity index (χ2v) is 7.01. The lowest BCUT2D eigenvalue weighted by molar-refractivity contribution is 0.0779. The fourth-order valence-electron chi connectivity index (χ4n) is 3.43. The van der Waals surface area contributed by atoms with Gasteiger partial charge in [0.2, 0.25) is 0 Å². The standard InChI is InChI=1S/C23H23N3O2/c1-3-4-12-22-17(16-9-5-8-13-21(16)28-22)15-26(2)23(27)20-14-24-18-10-6-7-11-19(18)25-20/h5-11,13-14H,3-4,12,15H2,1-2H3. The number of hydrogen-bond donors (Lipinski definition) is 0. The van der Waals surface area contributed by atoms with Crippen LogP contribution in [0.15, 0.2) is 59.1 Å². The van der Waals surface area contributed by atoms with E-state index < -0.39 is 0 Å². The number of unbranched alkanes of at least 4 members (excludes halogenated alkanes) is 1. The van der Waals surface area contributed by atoms with Crippen molar-refractivity contribution in [1.82, 2.24) is 14.9 Å². The molecular weight excluding hydrogens is 350 g/mol. The van der Waals surface area contributed by atoms with Gasteiger partial charge in [-0.1, -0.05) is 43.7 Å². The summed E-state index contributed by atoms with van der Waals surface area (Å²) in [4.78, 5) is 23.5. The molecule has 0 unspecified atom stereocenters. The Morgan fingerprint density at radius 1 is 1.07 bits per heavy atom. The Morgan fingerprint density at radius 2 is 1.82 bits per heavy atom. The zero-order valence-electron chi connectivity index (χ0n) is 16.2. The maximum Gasteiger partial charge on any atom is 0.274 e. The summed E-state index contributed by atoms with van der Waals surface area (Å²) in [5.41, 5.74) is 3.80. The van der Waals surface area contributed by atoms with Crippen molar-refractivity contribution < 1.29 is 9.21 Å². The van der Waals surface area contributed by atoms with Crippen LogP contribution in [0.1, 0.15) is 41.6 Å². The van der Waals surface area contributed by atoms with Gasteiger partial charge in [-0.05, 0) is 24.6 Å². The van der Waals surface area contributed by atoms with Gasteiger partial charge in [0, 0.05) is 31.0 Å². The number of benzene rings is 2. The zero-order chi connectivity index (χ0) is 19.5. The van der Waals surface area contributed by atoms with E-state index in [0.717, 1.165) is 52.6 Å². The topological polar surface area (TPSA) is 59.2 Å². The van der Waals surface area contributed by atoms with Gasteiger partial charge in [0.15, 0.2) is 0 Å². The fourth-order valence-corrected chi connectivity index (χ4v) is 3.43. The van der Waals surface area contributed by atoms with Crippen molar-refractivity contribution in [1.29, 1.82) is 0 Å². The summed E-state index contributed by atoms with van der Waals surface area (Å²) >= 11 is 0. The van der Waals surface area contributed by atoms with Gasteiger partial charge in [-0.25, -0.2) is 4.98 Å². The number of aryl methyl sites for hydroxylation is 1. The number of fused-ring (bicyclic) bond motifs is 2. The molecule has 142 valence electrons. The summed E-state index contributed by atoms with van der Waals surface area (Å²) in [7, 11) is 1.80. The largest absolute Gasteiger partial charge is 0.461 e. The van der Waals surface area contributed by atoms with Gasteiger partial charge in [-0.15, -0.1) is 0 Å². The molecule has 0 spiro atoms. The van der Waals surface area contributed by atoms with E-state index in [1.54, 1.807) is 18.1 Å². The molecule has 0 bridgehead atoms. The van der Waals surface area contributed by atoms with E-state index in [1.807, 2.05) is 42.5 Å². The molecule has 0 N–H and O–H groups in total. The summed E-state index contributed by atoms with van der Waals surface area (Å²) in [6, 6.07) is 15.6. The van der Waals surface area contributed by atoms with E-state index in [4.69, 9.17) is 4.42 Å². The molecule has 2 aromatic carbocycles. The summed E-state index contributed by atoms with van der Waals surface area (Å²) < 4.78 is 6.08. The second kappa shape index (κ2) is 7.80. The van der Waals surface area contributed by atoms with Crippen molar-refractivity contribution in [3.8, 4) is 0 Å². The van der Waals surface area contributed by atoms with Gasteiger partial charge >= 0.3 is 0 Å². The second-order valence-electron chi connectivity index (χ2n) is 7.01. The first-order chi connectivity index (χ1) is 13.7. The molecule has 5 heteroatoms. The molecule has 1 amide bonds. The molecule has 0 radical (unpaired) electrons. The van der Waals surface area contributed by atoms with E-state index >= 15 is 0 Å². The SMILES string of the molecule is CCCCc1oc2ccccc2c1CN(C)C(=O)c1cnc2ccccc2n1. The van der Waals surface area contributed by atoms with Gasteiger partial charge in [0.05, 0.1) is 17.2 Å². The van der Waals surface area contributed by atoms with E-state index in [-0.39, 0.29) is 5.91 Å². The minimum Gasteiger partial charge on any atom is -0.461 e. The van der Waals surface area contributed by atoms with Crippen LogP contribution >= 0.6 is 0 Å². The van der Waals surface area contributed by atoms with Gasteiger partial charge < -0.3 is 9.32 Å². The van der Waals surface area contributed by atoms with Gasteiger partial charge in [-0.3, -0.25) is 9.78 Å². The number of hydrogen-bond acceptors (Lipinski definition) is 4. The van der Waals surface area contributed by atoms with Gasteiger partial charge in [-0.2, -0.15) is 0 Å². The smallest absolute Gasteiger partial charge is 0.274 e. The molecule has 5 nitrogen and oxygen atoms in total. The van der Waals surface area contributed by atoms with Crippen LogP contribution in [-0.4, -0.2) is 27.8 Å². The average Bonchev–Trinajstić information content (AvgIpc) is 3.08. The number of carbonyl (C=O) groups is 1. The molecular formula is C23H23N3O2. The van der Waals surface area contributed by atoms with Crippen molar-refractivity contribution in [3.63, 3.8) is 0 Å². The molecule has 0 atom stereocenters. The van der Waals surface area contributed by atoms with Crippen LogP contribution in [0.2, 0.25) is 0 Å². The van der Waals surface area contributed by atoms with Crippen molar-refractivity contribution in [2.75, 3.05) is 7.05 Å². The molecule has 0 aliphatic rings. The van der Waals surface area contributed by atoms with Crippen LogP contribution < -0.4 is 0 Å². The Kier molecular flexibility index (Phi) is 5.06. The molecule has 2 heterocycles. The van der Waals surface area contributed by atoms with Gasteiger partial charge in [0.25, 0.3) is 5.91 Å². The molecule has 2 aromatic heterocycles.